The third-order valence-corrected chi connectivity index (χ3v) is 5.82. The van der Waals surface area contributed by atoms with Gasteiger partial charge in [-0.1, -0.05) is 6.92 Å². The molecule has 2 heterocycles. The van der Waals surface area contributed by atoms with Crippen LogP contribution in [0.4, 0.5) is 0 Å². The van der Waals surface area contributed by atoms with Crippen LogP contribution in [0.5, 0.6) is 0 Å². The maximum Gasteiger partial charge on any atom is 0.193 e. The van der Waals surface area contributed by atoms with Gasteiger partial charge in [0.05, 0.1) is 0 Å². The van der Waals surface area contributed by atoms with Gasteiger partial charge >= 0.3 is 0 Å². The number of guanidine groups is 1. The number of hydrogen-bond donors (Lipinski definition) is 1. The van der Waals surface area contributed by atoms with Gasteiger partial charge in [0.1, 0.15) is 0 Å². The Bertz CT molecular complexity index is 395. The highest BCUT2D eigenvalue weighted by molar-refractivity contribution is 14.0. The van der Waals surface area contributed by atoms with Crippen molar-refractivity contribution < 1.29 is 4.74 Å². The fourth-order valence-electron chi connectivity index (χ4n) is 3.79. The van der Waals surface area contributed by atoms with E-state index in [2.05, 4.69) is 45.9 Å². The van der Waals surface area contributed by atoms with Crippen molar-refractivity contribution in [3.63, 3.8) is 0 Å². The summed E-state index contributed by atoms with van der Waals surface area (Å²) in [6.07, 6.45) is 3.65. The van der Waals surface area contributed by atoms with E-state index < -0.39 is 0 Å². The third kappa shape index (κ3) is 7.86. The van der Waals surface area contributed by atoms with Gasteiger partial charge in [0.15, 0.2) is 5.96 Å². The number of rotatable bonds is 7. The molecule has 6 nitrogen and oxygen atoms in total. The van der Waals surface area contributed by atoms with E-state index in [1.807, 2.05) is 7.05 Å². The third-order valence-electron chi connectivity index (χ3n) is 5.82. The van der Waals surface area contributed by atoms with Crippen molar-refractivity contribution in [3.8, 4) is 0 Å². The molecule has 0 bridgehead atoms. The lowest BCUT2D eigenvalue weighted by molar-refractivity contribution is 0.0625. The first-order valence-corrected chi connectivity index (χ1v) is 10.1. The normalized spacial score (nSPS) is 21.9. The Morgan fingerprint density at radius 1 is 1.23 bits per heavy atom. The summed E-state index contributed by atoms with van der Waals surface area (Å²) < 4.78 is 5.45. The zero-order valence-electron chi connectivity index (χ0n) is 17.2. The molecule has 1 N–H and O–H groups in total. The molecule has 1 atom stereocenters. The van der Waals surface area contributed by atoms with Gasteiger partial charge in [-0.2, -0.15) is 0 Å². The number of ether oxygens (including phenoxy) is 1. The number of nitrogens with one attached hydrogen (secondary N) is 1. The predicted octanol–water partition coefficient (Wildman–Crippen LogP) is 1.95. The lowest BCUT2D eigenvalue weighted by Gasteiger charge is -2.38. The first-order valence-electron chi connectivity index (χ1n) is 10.1. The van der Waals surface area contributed by atoms with Crippen LogP contribution in [0.3, 0.4) is 0 Å². The molecule has 0 aromatic rings. The van der Waals surface area contributed by atoms with E-state index in [9.17, 15) is 0 Å². The highest BCUT2D eigenvalue weighted by atomic mass is 127. The van der Waals surface area contributed by atoms with Crippen LogP contribution >= 0.6 is 24.0 Å². The number of halogens is 1. The number of likely N-dealkylation sites (N-methyl/N-ethyl adjacent to an activating group) is 1. The monoisotopic (exact) mass is 481 g/mol. The second-order valence-corrected chi connectivity index (χ2v) is 7.51. The van der Waals surface area contributed by atoms with Gasteiger partial charge in [0.25, 0.3) is 0 Å². The first-order chi connectivity index (χ1) is 12.1. The SMILES string of the molecule is CCN1CCN(C(C)CNC(=NC)N(C)CCC2CCOCC2)CC1.I. The predicted molar refractivity (Wildman–Crippen MR) is 121 cm³/mol. The van der Waals surface area contributed by atoms with Crippen molar-refractivity contribution in [1.29, 1.82) is 0 Å². The Labute approximate surface area is 177 Å². The van der Waals surface area contributed by atoms with E-state index in [0.717, 1.165) is 38.2 Å². The van der Waals surface area contributed by atoms with Gasteiger partial charge in [-0.15, -0.1) is 24.0 Å². The van der Waals surface area contributed by atoms with Crippen molar-refractivity contribution in [3.05, 3.63) is 0 Å². The summed E-state index contributed by atoms with van der Waals surface area (Å²) in [5.74, 6) is 1.83. The second-order valence-electron chi connectivity index (χ2n) is 7.51. The average molecular weight is 481 g/mol. The topological polar surface area (TPSA) is 43.3 Å². The Balaban J connectivity index is 0.00000338. The molecule has 0 amide bonds. The van der Waals surface area contributed by atoms with Gasteiger partial charge in [-0.05, 0) is 38.6 Å². The van der Waals surface area contributed by atoms with Crippen molar-refractivity contribution in [2.45, 2.75) is 39.2 Å². The van der Waals surface area contributed by atoms with Gasteiger partial charge in [0.2, 0.25) is 0 Å². The summed E-state index contributed by atoms with van der Waals surface area (Å²) in [6.45, 7) is 14.4. The summed E-state index contributed by atoms with van der Waals surface area (Å²) in [4.78, 5) is 11.9. The number of piperazine rings is 1. The van der Waals surface area contributed by atoms with Crippen LogP contribution in [0.1, 0.15) is 33.1 Å². The molecular formula is C19H40IN5O. The van der Waals surface area contributed by atoms with E-state index in [1.165, 1.54) is 52.0 Å². The van der Waals surface area contributed by atoms with Gasteiger partial charge in [0, 0.05) is 72.6 Å². The van der Waals surface area contributed by atoms with Crippen LogP contribution in [-0.2, 0) is 4.74 Å². The number of hydrogen-bond acceptors (Lipinski definition) is 4. The van der Waals surface area contributed by atoms with Crippen LogP contribution in [0.15, 0.2) is 4.99 Å². The highest BCUT2D eigenvalue weighted by Crippen LogP contribution is 2.18. The van der Waals surface area contributed by atoms with E-state index >= 15 is 0 Å². The highest BCUT2D eigenvalue weighted by Gasteiger charge is 2.21. The molecule has 2 saturated heterocycles. The molecule has 2 aliphatic rings. The summed E-state index contributed by atoms with van der Waals surface area (Å²) in [5, 5.41) is 3.58. The van der Waals surface area contributed by atoms with Crippen molar-refractivity contribution in [2.24, 2.45) is 10.9 Å². The molecule has 2 rings (SSSR count). The summed E-state index contributed by atoms with van der Waals surface area (Å²) >= 11 is 0. The van der Waals surface area contributed by atoms with Crippen LogP contribution < -0.4 is 5.32 Å². The second kappa shape index (κ2) is 13.1. The Morgan fingerprint density at radius 3 is 2.46 bits per heavy atom. The zero-order chi connectivity index (χ0) is 18.1. The molecule has 0 aliphatic carbocycles. The molecule has 7 heteroatoms. The minimum atomic E-state index is 0. The fourth-order valence-corrected chi connectivity index (χ4v) is 3.79. The van der Waals surface area contributed by atoms with Gasteiger partial charge in [-0.3, -0.25) is 9.89 Å². The van der Waals surface area contributed by atoms with Crippen LogP contribution in [0, 0.1) is 5.92 Å². The molecule has 154 valence electrons. The summed E-state index contributed by atoms with van der Waals surface area (Å²) in [7, 11) is 4.04. The Morgan fingerprint density at radius 2 is 1.88 bits per heavy atom. The van der Waals surface area contributed by atoms with Gasteiger partial charge < -0.3 is 19.9 Å². The Kier molecular flexibility index (Phi) is 12.1. The molecule has 2 aliphatic heterocycles. The van der Waals surface area contributed by atoms with E-state index in [1.54, 1.807) is 0 Å². The Hall–Kier alpha value is -0.120. The maximum atomic E-state index is 5.45. The standard InChI is InChI=1S/C19H39N5O.HI/c1-5-23-10-12-24(13-11-23)17(2)16-21-19(20-3)22(4)9-6-18-7-14-25-15-8-18;/h17-18H,5-16H2,1-4H3,(H,20,21);1H. The number of nitrogens with zero attached hydrogens (tertiary/aromatic N) is 4. The molecule has 0 saturated carbocycles. The van der Waals surface area contributed by atoms with Crippen molar-refractivity contribution >= 4 is 29.9 Å². The fraction of sp³-hybridized carbons (Fsp3) is 0.947. The van der Waals surface area contributed by atoms with Crippen molar-refractivity contribution in [1.82, 2.24) is 20.0 Å². The maximum absolute atomic E-state index is 5.45. The lowest BCUT2D eigenvalue weighted by atomic mass is 9.96. The first kappa shape index (κ1) is 23.9. The van der Waals surface area contributed by atoms with E-state index in [0.29, 0.717) is 6.04 Å². The zero-order valence-corrected chi connectivity index (χ0v) is 19.6. The molecular weight excluding hydrogens is 441 g/mol. The van der Waals surface area contributed by atoms with Gasteiger partial charge in [-0.25, -0.2) is 0 Å². The quantitative estimate of drug-likeness (QED) is 0.342. The minimum absolute atomic E-state index is 0. The van der Waals surface area contributed by atoms with Crippen LogP contribution in [0.25, 0.3) is 0 Å². The largest absolute Gasteiger partial charge is 0.381 e. The van der Waals surface area contributed by atoms with E-state index in [-0.39, 0.29) is 24.0 Å². The molecule has 0 radical (unpaired) electrons. The molecule has 0 spiro atoms. The van der Waals surface area contributed by atoms with Crippen LogP contribution in [-0.4, -0.2) is 99.8 Å². The molecule has 26 heavy (non-hydrogen) atoms. The average Bonchev–Trinajstić information content (AvgIpc) is 2.67. The molecule has 1 unspecified atom stereocenters. The summed E-state index contributed by atoms with van der Waals surface area (Å²) in [5.41, 5.74) is 0. The summed E-state index contributed by atoms with van der Waals surface area (Å²) in [6, 6.07) is 0.541. The van der Waals surface area contributed by atoms with E-state index in [4.69, 9.17) is 4.74 Å². The smallest absolute Gasteiger partial charge is 0.193 e. The minimum Gasteiger partial charge on any atom is -0.381 e. The van der Waals surface area contributed by atoms with Crippen LogP contribution in [0.2, 0.25) is 0 Å². The number of aliphatic imine (C=N–C) groups is 1. The molecule has 2 fully saturated rings. The van der Waals surface area contributed by atoms with Crippen molar-refractivity contribution in [2.75, 3.05) is 73.1 Å². The molecule has 0 aromatic carbocycles. The molecule has 0 aromatic heterocycles. The lowest BCUT2D eigenvalue weighted by Crippen LogP contribution is -2.53.